The van der Waals surface area contributed by atoms with Crippen LogP contribution in [0.15, 0.2) is 72.8 Å². The first-order chi connectivity index (χ1) is 17.5. The van der Waals surface area contributed by atoms with Crippen LogP contribution < -0.4 is 9.47 Å². The van der Waals surface area contributed by atoms with Gasteiger partial charge in [-0.3, -0.25) is 4.79 Å². The van der Waals surface area contributed by atoms with Crippen LogP contribution in [0.3, 0.4) is 0 Å². The number of benzene rings is 3. The SMILES string of the molecule is C#CC(c1ccc(F)c(Oc2ccccc2)c1)C1C(F)(F)C(F)(F)C1(C(=O)O)c1ccc(OCC)cc1. The third kappa shape index (κ3) is 3.88. The minimum Gasteiger partial charge on any atom is -0.494 e. The van der Waals surface area contributed by atoms with Crippen LogP contribution in [0.4, 0.5) is 22.0 Å². The highest BCUT2D eigenvalue weighted by Gasteiger charge is 2.91. The summed E-state index contributed by atoms with van der Waals surface area (Å²) < 4.78 is 85.9. The maximum absolute atomic E-state index is 15.2. The van der Waals surface area contributed by atoms with E-state index in [1.165, 1.54) is 24.3 Å². The fraction of sp³-hybridized carbons (Fsp3) is 0.250. The Kier molecular flexibility index (Phi) is 6.63. The number of halogens is 5. The molecule has 3 unspecified atom stereocenters. The van der Waals surface area contributed by atoms with Gasteiger partial charge in [0.2, 0.25) is 0 Å². The van der Waals surface area contributed by atoms with Crippen LogP contribution in [-0.4, -0.2) is 29.5 Å². The summed E-state index contributed by atoms with van der Waals surface area (Å²) in [6, 6.07) is 15.4. The summed E-state index contributed by atoms with van der Waals surface area (Å²) in [5.41, 5.74) is -4.10. The molecule has 9 heteroatoms. The molecule has 3 aromatic carbocycles. The number of carbonyl (C=O) groups is 1. The Hall–Kier alpha value is -4.06. The Morgan fingerprint density at radius 1 is 1.03 bits per heavy atom. The van der Waals surface area contributed by atoms with Crippen molar-refractivity contribution in [2.75, 3.05) is 6.61 Å². The molecular weight excluding hydrogens is 495 g/mol. The molecule has 192 valence electrons. The van der Waals surface area contributed by atoms with Gasteiger partial charge < -0.3 is 14.6 Å². The number of rotatable bonds is 8. The molecule has 37 heavy (non-hydrogen) atoms. The zero-order chi connectivity index (χ0) is 27.0. The van der Waals surface area contributed by atoms with Gasteiger partial charge in [-0.1, -0.05) is 42.3 Å². The minimum absolute atomic E-state index is 0.174. The number of alkyl halides is 4. The van der Waals surface area contributed by atoms with Crippen LogP contribution in [-0.2, 0) is 10.2 Å². The van der Waals surface area contributed by atoms with E-state index < -0.39 is 46.4 Å². The molecular formula is C28H21F5O4. The van der Waals surface area contributed by atoms with E-state index >= 15 is 17.6 Å². The van der Waals surface area contributed by atoms with Gasteiger partial charge in [-0.2, -0.15) is 17.6 Å². The molecule has 0 bridgehead atoms. The Bertz CT molecular complexity index is 1330. The smallest absolute Gasteiger partial charge is 0.331 e. The number of terminal acetylenes is 1. The number of hydrogen-bond acceptors (Lipinski definition) is 3. The Labute approximate surface area is 209 Å². The van der Waals surface area contributed by atoms with Crippen molar-refractivity contribution in [3.05, 3.63) is 89.7 Å². The fourth-order valence-corrected chi connectivity index (χ4v) is 4.83. The molecule has 4 nitrogen and oxygen atoms in total. The van der Waals surface area contributed by atoms with Crippen molar-refractivity contribution in [1.82, 2.24) is 0 Å². The maximum atomic E-state index is 15.2. The summed E-state index contributed by atoms with van der Waals surface area (Å²) in [5.74, 6) is -15.1. The highest BCUT2D eigenvalue weighted by molar-refractivity contribution is 5.87. The molecule has 1 aliphatic carbocycles. The van der Waals surface area contributed by atoms with E-state index in [4.69, 9.17) is 15.9 Å². The third-order valence-corrected chi connectivity index (χ3v) is 6.53. The molecule has 0 saturated heterocycles. The molecule has 1 N–H and O–H groups in total. The van der Waals surface area contributed by atoms with Crippen molar-refractivity contribution in [3.63, 3.8) is 0 Å². The molecule has 4 rings (SSSR count). The molecule has 0 heterocycles. The fourth-order valence-electron chi connectivity index (χ4n) is 4.83. The summed E-state index contributed by atoms with van der Waals surface area (Å²) in [6.07, 6.45) is 5.55. The monoisotopic (exact) mass is 516 g/mol. The number of carboxylic acids is 1. The van der Waals surface area contributed by atoms with Crippen molar-refractivity contribution < 1.29 is 41.3 Å². The zero-order valence-corrected chi connectivity index (χ0v) is 19.4. The van der Waals surface area contributed by atoms with Crippen molar-refractivity contribution in [2.24, 2.45) is 5.92 Å². The normalized spacial score (nSPS) is 22.2. The molecule has 0 amide bonds. The molecule has 0 aliphatic heterocycles. The molecule has 1 aliphatic rings. The van der Waals surface area contributed by atoms with Crippen LogP contribution in [0.25, 0.3) is 0 Å². The van der Waals surface area contributed by atoms with E-state index in [9.17, 15) is 14.3 Å². The lowest BCUT2D eigenvalue weighted by atomic mass is 9.47. The van der Waals surface area contributed by atoms with Gasteiger partial charge in [-0.25, -0.2) is 4.39 Å². The van der Waals surface area contributed by atoms with E-state index in [-0.39, 0.29) is 29.4 Å². The average molecular weight is 516 g/mol. The summed E-state index contributed by atoms with van der Waals surface area (Å²) >= 11 is 0. The summed E-state index contributed by atoms with van der Waals surface area (Å²) in [7, 11) is 0. The maximum Gasteiger partial charge on any atom is 0.331 e. The first kappa shape index (κ1) is 26.0. The molecule has 1 fully saturated rings. The number of para-hydroxylation sites is 1. The molecule has 0 radical (unpaired) electrons. The van der Waals surface area contributed by atoms with E-state index in [1.807, 2.05) is 0 Å². The van der Waals surface area contributed by atoms with Gasteiger partial charge in [0.15, 0.2) is 17.0 Å². The van der Waals surface area contributed by atoms with E-state index in [0.29, 0.717) is 0 Å². The summed E-state index contributed by atoms with van der Waals surface area (Å²) in [4.78, 5) is 12.4. The first-order valence-electron chi connectivity index (χ1n) is 11.2. The predicted molar refractivity (Wildman–Crippen MR) is 125 cm³/mol. The van der Waals surface area contributed by atoms with Crippen molar-refractivity contribution in [1.29, 1.82) is 0 Å². The number of ether oxygens (including phenoxy) is 2. The Morgan fingerprint density at radius 3 is 2.24 bits per heavy atom. The standard InChI is InChI=1S/C28H21F5O4/c1-3-21(17-10-15-22(29)23(16-17)37-20-8-6-5-7-9-20)24-26(25(34)35,28(32,33)27(24,30)31)18-11-13-19(14-12-18)36-4-2/h1,5-16,21,24H,4H2,2H3,(H,34,35). The van der Waals surface area contributed by atoms with Crippen LogP contribution >= 0.6 is 0 Å². The molecule has 1 saturated carbocycles. The topological polar surface area (TPSA) is 55.8 Å². The quantitative estimate of drug-likeness (QED) is 0.269. The van der Waals surface area contributed by atoms with Crippen LogP contribution in [0.2, 0.25) is 0 Å². The second kappa shape index (κ2) is 9.43. The highest BCUT2D eigenvalue weighted by atomic mass is 19.3. The van der Waals surface area contributed by atoms with Crippen LogP contribution in [0.1, 0.15) is 24.0 Å². The van der Waals surface area contributed by atoms with Gasteiger partial charge >= 0.3 is 17.8 Å². The van der Waals surface area contributed by atoms with Gasteiger partial charge in [0.1, 0.15) is 11.5 Å². The highest BCUT2D eigenvalue weighted by Crippen LogP contribution is 2.71. The van der Waals surface area contributed by atoms with Gasteiger partial charge in [0.05, 0.1) is 18.4 Å². The lowest BCUT2D eigenvalue weighted by Gasteiger charge is -2.59. The Balaban J connectivity index is 1.84. The van der Waals surface area contributed by atoms with Crippen molar-refractivity contribution in [3.8, 4) is 29.6 Å². The zero-order valence-electron chi connectivity index (χ0n) is 19.4. The Morgan fingerprint density at radius 2 is 1.68 bits per heavy atom. The minimum atomic E-state index is -4.98. The van der Waals surface area contributed by atoms with Gasteiger partial charge in [0, 0.05) is 0 Å². The average Bonchev–Trinajstić information content (AvgIpc) is 2.87. The van der Waals surface area contributed by atoms with Crippen LogP contribution in [0.5, 0.6) is 17.2 Å². The second-order valence-electron chi connectivity index (χ2n) is 8.49. The van der Waals surface area contributed by atoms with Gasteiger partial charge in [0.25, 0.3) is 0 Å². The lowest BCUT2D eigenvalue weighted by Crippen LogP contribution is -2.80. The molecule has 3 aromatic rings. The molecule has 0 aromatic heterocycles. The molecule has 0 spiro atoms. The predicted octanol–water partition coefficient (Wildman–Crippen LogP) is 6.66. The largest absolute Gasteiger partial charge is 0.494 e. The molecule has 3 atom stereocenters. The summed E-state index contributed by atoms with van der Waals surface area (Å²) in [6.45, 7) is 1.93. The van der Waals surface area contributed by atoms with E-state index in [0.717, 1.165) is 30.3 Å². The van der Waals surface area contributed by atoms with Gasteiger partial charge in [-0.15, -0.1) is 6.42 Å². The third-order valence-electron chi connectivity index (χ3n) is 6.53. The van der Waals surface area contributed by atoms with Crippen LogP contribution in [0, 0.1) is 24.1 Å². The lowest BCUT2D eigenvalue weighted by molar-refractivity contribution is -0.362. The van der Waals surface area contributed by atoms with E-state index in [2.05, 4.69) is 5.92 Å². The van der Waals surface area contributed by atoms with Gasteiger partial charge in [-0.05, 0) is 54.4 Å². The number of carboxylic acid groups (broad SMARTS) is 1. The number of aliphatic carboxylic acids is 1. The van der Waals surface area contributed by atoms with Crippen molar-refractivity contribution in [2.45, 2.75) is 30.1 Å². The van der Waals surface area contributed by atoms with E-state index in [1.54, 1.807) is 25.1 Å². The summed E-state index contributed by atoms with van der Waals surface area (Å²) in [5, 5.41) is 10.0. The van der Waals surface area contributed by atoms with Crippen molar-refractivity contribution >= 4 is 5.97 Å². The first-order valence-corrected chi connectivity index (χ1v) is 11.2. The second-order valence-corrected chi connectivity index (χ2v) is 8.49. The number of hydrogen-bond donors (Lipinski definition) is 1.